The van der Waals surface area contributed by atoms with Gasteiger partial charge < -0.3 is 14.7 Å². The molecule has 0 saturated carbocycles. The van der Waals surface area contributed by atoms with Gasteiger partial charge in [0.2, 0.25) is 0 Å². The van der Waals surface area contributed by atoms with E-state index in [9.17, 15) is 5.11 Å². The molecule has 2 saturated heterocycles. The summed E-state index contributed by atoms with van der Waals surface area (Å²) in [6, 6.07) is 8.31. The molecule has 4 aromatic heterocycles. The van der Waals surface area contributed by atoms with Crippen LogP contribution in [0.4, 0.5) is 5.82 Å². The molecule has 0 aliphatic carbocycles. The van der Waals surface area contributed by atoms with Crippen molar-refractivity contribution in [3.05, 3.63) is 51.9 Å². The third kappa shape index (κ3) is 4.30. The molecule has 2 N–H and O–H groups in total. The number of likely N-dealkylation sites (tertiary alicyclic amines) is 1. The van der Waals surface area contributed by atoms with Crippen LogP contribution in [0.3, 0.4) is 0 Å². The first-order chi connectivity index (χ1) is 18.2. The van der Waals surface area contributed by atoms with Crippen molar-refractivity contribution in [1.82, 2.24) is 30.0 Å². The second-order valence-corrected chi connectivity index (χ2v) is 11.7. The van der Waals surface area contributed by atoms with Gasteiger partial charge in [-0.3, -0.25) is 10.00 Å². The van der Waals surface area contributed by atoms with E-state index in [-0.39, 0.29) is 0 Å². The van der Waals surface area contributed by atoms with Gasteiger partial charge in [0.1, 0.15) is 10.6 Å². The zero-order valence-electron chi connectivity index (χ0n) is 20.3. The maximum Gasteiger partial charge on any atom is 0.162 e. The lowest BCUT2D eigenvalue weighted by Gasteiger charge is -2.36. The number of aliphatic hydroxyl groups is 1. The van der Waals surface area contributed by atoms with E-state index in [4.69, 9.17) is 14.7 Å². The predicted molar refractivity (Wildman–Crippen MR) is 146 cm³/mol. The smallest absolute Gasteiger partial charge is 0.162 e. The van der Waals surface area contributed by atoms with Crippen molar-refractivity contribution in [2.75, 3.05) is 44.3 Å². The lowest BCUT2D eigenvalue weighted by Crippen LogP contribution is -2.42. The molecular formula is C26H27N7O2S2. The number of piperidine rings is 1. The van der Waals surface area contributed by atoms with E-state index in [0.29, 0.717) is 26.1 Å². The number of hydrogen-bond donors (Lipinski definition) is 2. The van der Waals surface area contributed by atoms with Crippen LogP contribution in [0.5, 0.6) is 0 Å². The molecule has 0 radical (unpaired) electrons. The number of ether oxygens (including phenoxy) is 1. The molecule has 1 aromatic carbocycles. The third-order valence-corrected chi connectivity index (χ3v) is 9.41. The molecule has 2 aliphatic rings. The van der Waals surface area contributed by atoms with Crippen molar-refractivity contribution in [3.63, 3.8) is 0 Å². The fraction of sp³-hybridized carbons (Fsp3) is 0.385. The SMILES string of the molecule is OC1(c2nccs2)CCN(Cc2cc3nc(-c4cccc5[nH]ncc45)nc(N4CCOCC4)c3s2)CC1. The number of thiazole rings is 1. The van der Waals surface area contributed by atoms with Crippen LogP contribution in [0, 0.1) is 0 Å². The Morgan fingerprint density at radius 1 is 1.11 bits per heavy atom. The molecule has 0 spiro atoms. The zero-order chi connectivity index (χ0) is 24.8. The number of aromatic nitrogens is 5. The van der Waals surface area contributed by atoms with Crippen molar-refractivity contribution in [2.24, 2.45) is 0 Å². The summed E-state index contributed by atoms with van der Waals surface area (Å²) < 4.78 is 6.74. The minimum absolute atomic E-state index is 0.698. The number of rotatable bonds is 5. The molecule has 0 atom stereocenters. The molecule has 2 aliphatic heterocycles. The van der Waals surface area contributed by atoms with Crippen molar-refractivity contribution in [1.29, 1.82) is 0 Å². The van der Waals surface area contributed by atoms with Crippen LogP contribution in [0.25, 0.3) is 32.5 Å². The lowest BCUT2D eigenvalue weighted by atomic mass is 9.92. The van der Waals surface area contributed by atoms with Crippen LogP contribution < -0.4 is 4.90 Å². The summed E-state index contributed by atoms with van der Waals surface area (Å²) in [5.41, 5.74) is 2.13. The molecule has 7 rings (SSSR count). The summed E-state index contributed by atoms with van der Waals surface area (Å²) in [6.07, 6.45) is 5.01. The first kappa shape index (κ1) is 23.2. The normalized spacial score (nSPS) is 18.7. The minimum Gasteiger partial charge on any atom is -0.383 e. The van der Waals surface area contributed by atoms with Gasteiger partial charge in [-0.2, -0.15) is 5.10 Å². The van der Waals surface area contributed by atoms with Crippen LogP contribution in [0.1, 0.15) is 22.7 Å². The quantitative estimate of drug-likeness (QED) is 0.349. The van der Waals surface area contributed by atoms with Crippen molar-refractivity contribution in [2.45, 2.75) is 25.0 Å². The summed E-state index contributed by atoms with van der Waals surface area (Å²) in [7, 11) is 0. The van der Waals surface area contributed by atoms with E-state index in [0.717, 1.165) is 76.1 Å². The van der Waals surface area contributed by atoms with Crippen LogP contribution in [-0.4, -0.2) is 74.5 Å². The Morgan fingerprint density at radius 2 is 1.97 bits per heavy atom. The first-order valence-corrected chi connectivity index (χ1v) is 14.3. The summed E-state index contributed by atoms with van der Waals surface area (Å²) in [4.78, 5) is 20.5. The van der Waals surface area contributed by atoms with Gasteiger partial charge in [-0.25, -0.2) is 15.0 Å². The highest BCUT2D eigenvalue weighted by Crippen LogP contribution is 2.38. The van der Waals surface area contributed by atoms with E-state index >= 15 is 0 Å². The van der Waals surface area contributed by atoms with Crippen LogP contribution in [-0.2, 0) is 16.9 Å². The number of benzene rings is 1. The summed E-state index contributed by atoms with van der Waals surface area (Å²) in [6.45, 7) is 5.54. The van der Waals surface area contributed by atoms with Crippen LogP contribution in [0.15, 0.2) is 42.0 Å². The fourth-order valence-electron chi connectivity index (χ4n) is 5.28. The topological polar surface area (TPSA) is 103 Å². The van der Waals surface area contributed by atoms with Gasteiger partial charge >= 0.3 is 0 Å². The number of hydrogen-bond acceptors (Lipinski definition) is 10. The van der Waals surface area contributed by atoms with E-state index in [2.05, 4.69) is 37.1 Å². The van der Waals surface area contributed by atoms with Crippen molar-refractivity contribution >= 4 is 49.6 Å². The molecule has 5 aromatic rings. The predicted octanol–water partition coefficient (Wildman–Crippen LogP) is 4.01. The second kappa shape index (κ2) is 9.41. The number of nitrogens with zero attached hydrogens (tertiary/aromatic N) is 6. The number of morpholine rings is 1. The molecule has 0 bridgehead atoms. The van der Waals surface area contributed by atoms with Gasteiger partial charge in [0.05, 0.1) is 35.1 Å². The first-order valence-electron chi connectivity index (χ1n) is 12.6. The highest BCUT2D eigenvalue weighted by atomic mass is 32.1. The molecule has 37 heavy (non-hydrogen) atoms. The van der Waals surface area contributed by atoms with Gasteiger partial charge in [0, 0.05) is 60.1 Å². The molecule has 0 amide bonds. The lowest BCUT2D eigenvalue weighted by molar-refractivity contribution is -0.0276. The minimum atomic E-state index is -0.803. The van der Waals surface area contributed by atoms with Crippen LogP contribution in [0.2, 0.25) is 0 Å². The maximum absolute atomic E-state index is 11.1. The molecular weight excluding hydrogens is 506 g/mol. The number of nitrogens with one attached hydrogen (secondary N) is 1. The molecule has 2 fully saturated rings. The molecule has 11 heteroatoms. The van der Waals surface area contributed by atoms with Gasteiger partial charge in [0.15, 0.2) is 11.6 Å². The monoisotopic (exact) mass is 533 g/mol. The number of aromatic amines is 1. The van der Waals surface area contributed by atoms with Gasteiger partial charge in [-0.15, -0.1) is 22.7 Å². The van der Waals surface area contributed by atoms with Gasteiger partial charge in [-0.05, 0) is 25.0 Å². The summed E-state index contributed by atoms with van der Waals surface area (Å²) >= 11 is 3.32. The number of anilines is 1. The molecule has 9 nitrogen and oxygen atoms in total. The van der Waals surface area contributed by atoms with Gasteiger partial charge in [0.25, 0.3) is 0 Å². The van der Waals surface area contributed by atoms with Gasteiger partial charge in [-0.1, -0.05) is 12.1 Å². The van der Waals surface area contributed by atoms with E-state index in [1.165, 1.54) is 16.2 Å². The molecule has 6 heterocycles. The largest absolute Gasteiger partial charge is 0.383 e. The Bertz CT molecular complexity index is 1530. The Balaban J connectivity index is 1.21. The van der Waals surface area contributed by atoms with E-state index < -0.39 is 5.60 Å². The second-order valence-electron chi connectivity index (χ2n) is 9.68. The zero-order valence-corrected chi connectivity index (χ0v) is 21.9. The van der Waals surface area contributed by atoms with Crippen molar-refractivity contribution in [3.8, 4) is 11.4 Å². The maximum atomic E-state index is 11.1. The van der Waals surface area contributed by atoms with E-state index in [1.807, 2.05) is 23.7 Å². The van der Waals surface area contributed by atoms with Crippen LogP contribution >= 0.6 is 22.7 Å². The number of fused-ring (bicyclic) bond motifs is 2. The Hall–Kier alpha value is -2.96. The molecule has 190 valence electrons. The van der Waals surface area contributed by atoms with Crippen molar-refractivity contribution < 1.29 is 9.84 Å². The Morgan fingerprint density at radius 3 is 2.78 bits per heavy atom. The third-order valence-electron chi connectivity index (χ3n) is 7.33. The Kier molecular flexibility index (Phi) is 5.89. The standard InChI is InChI=1S/C26H27N7O2S2/c34-26(25-27-6-13-36-25)4-7-32(8-5-26)16-17-14-21-22(37-17)24(33-9-11-35-12-10-33)30-23(29-21)18-2-1-3-20-19(18)15-28-31-20/h1-3,6,13-15,34H,4-5,7-12,16H2,(H,28,31). The van der Waals surface area contributed by atoms with E-state index in [1.54, 1.807) is 17.5 Å². The Labute approximate surface area is 221 Å². The average molecular weight is 534 g/mol. The highest BCUT2D eigenvalue weighted by molar-refractivity contribution is 7.19. The fourth-order valence-corrected chi connectivity index (χ4v) is 7.23. The molecule has 0 unspecified atom stereocenters. The average Bonchev–Trinajstić information content (AvgIpc) is 3.71. The number of H-pyrrole nitrogens is 1. The summed E-state index contributed by atoms with van der Waals surface area (Å²) in [5, 5.41) is 22.2. The summed E-state index contributed by atoms with van der Waals surface area (Å²) in [5.74, 6) is 1.70. The number of thiophene rings is 1. The highest BCUT2D eigenvalue weighted by Gasteiger charge is 2.36.